The molecule has 0 heterocycles. The predicted molar refractivity (Wildman–Crippen MR) is 121 cm³/mol. The minimum atomic E-state index is -0.659. The number of hydrogen-bond donors (Lipinski definition) is 1. The molecule has 0 saturated carbocycles. The third kappa shape index (κ3) is 5.90. The molecule has 0 aromatic heterocycles. The summed E-state index contributed by atoms with van der Waals surface area (Å²) in [7, 11) is 1.49. The van der Waals surface area contributed by atoms with Crippen molar-refractivity contribution in [3.63, 3.8) is 0 Å². The van der Waals surface area contributed by atoms with Crippen molar-refractivity contribution in [1.82, 2.24) is 0 Å². The van der Waals surface area contributed by atoms with Crippen LogP contribution in [0.3, 0.4) is 0 Å². The van der Waals surface area contributed by atoms with Gasteiger partial charge >= 0.3 is 5.97 Å². The van der Waals surface area contributed by atoms with Crippen molar-refractivity contribution in [1.29, 1.82) is 0 Å². The largest absolute Gasteiger partial charge is 0.496 e. The van der Waals surface area contributed by atoms with Gasteiger partial charge in [0.2, 0.25) is 0 Å². The van der Waals surface area contributed by atoms with Gasteiger partial charge in [-0.15, -0.1) is 0 Å². The number of hydrogen-bond acceptors (Lipinski definition) is 5. The van der Waals surface area contributed by atoms with Crippen LogP contribution in [0.25, 0.3) is 0 Å². The highest BCUT2D eigenvalue weighted by molar-refractivity contribution is 6.31. The molecule has 0 saturated heterocycles. The normalized spacial score (nSPS) is 11.2. The number of aryl methyl sites for hydroxylation is 1. The summed E-state index contributed by atoms with van der Waals surface area (Å²) in [6.45, 7) is 2.18. The van der Waals surface area contributed by atoms with Crippen molar-refractivity contribution in [3.05, 3.63) is 93.0 Å². The highest BCUT2D eigenvalue weighted by atomic mass is 35.5. The molecule has 0 bridgehead atoms. The maximum Gasteiger partial charge on any atom is 0.365 e. The Morgan fingerprint density at radius 1 is 1.00 bits per heavy atom. The van der Waals surface area contributed by atoms with E-state index >= 15 is 0 Å². The molecule has 0 aliphatic rings. The zero-order chi connectivity index (χ0) is 22.4. The number of nitrogens with two attached hydrogens (primary N) is 1. The average molecular weight is 459 g/mol. The van der Waals surface area contributed by atoms with Gasteiger partial charge < -0.3 is 20.0 Å². The van der Waals surface area contributed by atoms with E-state index in [1.54, 1.807) is 48.5 Å². The number of benzene rings is 3. The molecule has 6 nitrogen and oxygen atoms in total. The van der Waals surface area contributed by atoms with E-state index < -0.39 is 5.97 Å². The van der Waals surface area contributed by atoms with Crippen LogP contribution in [0.4, 0.5) is 0 Å². The molecule has 0 spiro atoms. The molecular weight excluding hydrogens is 439 g/mol. The van der Waals surface area contributed by atoms with Crippen LogP contribution in [0.5, 0.6) is 11.5 Å². The van der Waals surface area contributed by atoms with Crippen LogP contribution in [0, 0.1) is 6.92 Å². The molecular formula is C23H20Cl2N2O4. The van der Waals surface area contributed by atoms with Gasteiger partial charge in [0.15, 0.2) is 5.84 Å². The summed E-state index contributed by atoms with van der Waals surface area (Å²) >= 11 is 12.0. The Morgan fingerprint density at radius 2 is 1.71 bits per heavy atom. The van der Waals surface area contributed by atoms with E-state index in [4.69, 9.17) is 43.2 Å². The molecule has 3 rings (SSSR count). The molecule has 0 unspecified atom stereocenters. The molecule has 160 valence electrons. The molecule has 3 aromatic carbocycles. The van der Waals surface area contributed by atoms with Gasteiger partial charge in [-0.2, -0.15) is 0 Å². The molecule has 0 radical (unpaired) electrons. The third-order valence-electron chi connectivity index (χ3n) is 4.36. The van der Waals surface area contributed by atoms with E-state index in [2.05, 4.69) is 5.16 Å². The lowest BCUT2D eigenvalue weighted by atomic mass is 10.1. The van der Waals surface area contributed by atoms with Gasteiger partial charge in [0, 0.05) is 10.0 Å². The summed E-state index contributed by atoms with van der Waals surface area (Å²) in [5.41, 5.74) is 8.38. The lowest BCUT2D eigenvalue weighted by Crippen LogP contribution is -2.16. The lowest BCUT2D eigenvalue weighted by Gasteiger charge is -2.10. The second-order valence-corrected chi connectivity index (χ2v) is 7.47. The Hall–Kier alpha value is -3.22. The van der Waals surface area contributed by atoms with Crippen LogP contribution in [0.2, 0.25) is 10.0 Å². The Morgan fingerprint density at radius 3 is 2.42 bits per heavy atom. The fourth-order valence-electron chi connectivity index (χ4n) is 2.80. The predicted octanol–water partition coefficient (Wildman–Crippen LogP) is 5.37. The van der Waals surface area contributed by atoms with E-state index in [1.165, 1.54) is 7.11 Å². The van der Waals surface area contributed by atoms with Gasteiger partial charge in [-0.1, -0.05) is 40.5 Å². The molecule has 0 aliphatic heterocycles. The van der Waals surface area contributed by atoms with Gasteiger partial charge in [-0.3, -0.25) is 0 Å². The molecule has 0 aliphatic carbocycles. The van der Waals surface area contributed by atoms with Crippen molar-refractivity contribution in [2.24, 2.45) is 10.9 Å². The number of ether oxygens (including phenoxy) is 2. The molecule has 2 N–H and O–H groups in total. The second-order valence-electron chi connectivity index (χ2n) is 6.60. The van der Waals surface area contributed by atoms with Gasteiger partial charge in [0.05, 0.1) is 18.2 Å². The third-order valence-corrected chi connectivity index (χ3v) is 4.83. The van der Waals surface area contributed by atoms with Crippen LogP contribution in [-0.2, 0) is 11.4 Å². The average Bonchev–Trinajstić information content (AvgIpc) is 2.76. The van der Waals surface area contributed by atoms with Crippen LogP contribution in [0.1, 0.15) is 27.0 Å². The standard InChI is InChI=1S/C23H20Cl2N2O4/c1-14-10-17(24)6-8-20(14)30-13-15-4-3-5-16(11-15)23(28)31-27-22(26)19-12-18(25)7-9-21(19)29-2/h3-12H,13H2,1-2H3,(H2,26,27). The highest BCUT2D eigenvalue weighted by Gasteiger charge is 2.12. The first-order valence-electron chi connectivity index (χ1n) is 9.24. The first-order chi connectivity index (χ1) is 14.9. The number of halogens is 2. The molecule has 31 heavy (non-hydrogen) atoms. The monoisotopic (exact) mass is 458 g/mol. The quantitative estimate of drug-likeness (QED) is 0.222. The summed E-state index contributed by atoms with van der Waals surface area (Å²) in [5.74, 6) is 0.474. The number of methoxy groups -OCH3 is 1. The Labute approximate surface area is 190 Å². The zero-order valence-corrected chi connectivity index (χ0v) is 18.4. The number of carbonyl (C=O) groups excluding carboxylic acids is 1. The lowest BCUT2D eigenvalue weighted by molar-refractivity contribution is 0.0515. The van der Waals surface area contributed by atoms with E-state index in [-0.39, 0.29) is 12.4 Å². The fraction of sp³-hybridized carbons (Fsp3) is 0.130. The van der Waals surface area contributed by atoms with E-state index in [1.807, 2.05) is 19.1 Å². The summed E-state index contributed by atoms with van der Waals surface area (Å²) in [6.07, 6.45) is 0. The second kappa shape index (κ2) is 10.2. The smallest absolute Gasteiger partial charge is 0.365 e. The topological polar surface area (TPSA) is 83.1 Å². The van der Waals surface area contributed by atoms with Gasteiger partial charge in [-0.05, 0) is 66.6 Å². The van der Waals surface area contributed by atoms with Crippen molar-refractivity contribution < 1.29 is 19.1 Å². The Balaban J connectivity index is 1.68. The number of nitrogens with zero attached hydrogens (tertiary/aromatic N) is 1. The first kappa shape index (κ1) is 22.5. The summed E-state index contributed by atoms with van der Waals surface area (Å²) in [4.78, 5) is 17.4. The summed E-state index contributed by atoms with van der Waals surface area (Å²) < 4.78 is 11.0. The maximum absolute atomic E-state index is 12.4. The number of carbonyl (C=O) groups is 1. The van der Waals surface area contributed by atoms with Crippen molar-refractivity contribution in [2.75, 3.05) is 7.11 Å². The maximum atomic E-state index is 12.4. The number of oxime groups is 1. The molecule has 0 atom stereocenters. The van der Waals surface area contributed by atoms with E-state index in [0.717, 1.165) is 11.1 Å². The van der Waals surface area contributed by atoms with Gasteiger partial charge in [0.1, 0.15) is 18.1 Å². The minimum Gasteiger partial charge on any atom is -0.496 e. The van der Waals surface area contributed by atoms with Crippen LogP contribution in [0.15, 0.2) is 65.8 Å². The SMILES string of the molecule is COc1ccc(Cl)cc1/C(N)=N/OC(=O)c1cccc(COc2ccc(Cl)cc2C)c1. The first-order valence-corrected chi connectivity index (χ1v) is 9.99. The van der Waals surface area contributed by atoms with Gasteiger partial charge in [-0.25, -0.2) is 4.79 Å². The van der Waals surface area contributed by atoms with E-state index in [0.29, 0.717) is 32.7 Å². The molecule has 8 heteroatoms. The van der Waals surface area contributed by atoms with Crippen LogP contribution >= 0.6 is 23.2 Å². The number of rotatable bonds is 7. The van der Waals surface area contributed by atoms with Crippen LogP contribution < -0.4 is 15.2 Å². The minimum absolute atomic E-state index is 0.0367. The Kier molecular flexibility index (Phi) is 7.39. The molecule has 0 amide bonds. The number of amidine groups is 1. The highest BCUT2D eigenvalue weighted by Crippen LogP contribution is 2.24. The van der Waals surface area contributed by atoms with Crippen molar-refractivity contribution in [3.8, 4) is 11.5 Å². The van der Waals surface area contributed by atoms with Crippen LogP contribution in [-0.4, -0.2) is 18.9 Å². The van der Waals surface area contributed by atoms with E-state index in [9.17, 15) is 4.79 Å². The van der Waals surface area contributed by atoms with Crippen molar-refractivity contribution in [2.45, 2.75) is 13.5 Å². The molecule has 0 fully saturated rings. The van der Waals surface area contributed by atoms with Crippen molar-refractivity contribution >= 4 is 35.0 Å². The van der Waals surface area contributed by atoms with Gasteiger partial charge in [0.25, 0.3) is 0 Å². The summed E-state index contributed by atoms with van der Waals surface area (Å²) in [5, 5.41) is 4.82. The Bertz CT molecular complexity index is 1130. The summed E-state index contributed by atoms with van der Waals surface area (Å²) in [6, 6.07) is 17.1. The zero-order valence-electron chi connectivity index (χ0n) is 16.9. The molecule has 3 aromatic rings. The fourth-order valence-corrected chi connectivity index (χ4v) is 3.20.